The van der Waals surface area contributed by atoms with E-state index in [-0.39, 0.29) is 0 Å². The minimum Gasteiger partial charge on any atom is -0.272 e. The van der Waals surface area contributed by atoms with Crippen LogP contribution in [0.1, 0.15) is 0 Å². The van der Waals surface area contributed by atoms with E-state index in [0.29, 0.717) is 11.2 Å². The third kappa shape index (κ3) is 2.21. The van der Waals surface area contributed by atoms with Crippen LogP contribution in [0.15, 0.2) is 30.3 Å². The van der Waals surface area contributed by atoms with Gasteiger partial charge in [-0.05, 0) is 12.1 Å². The van der Waals surface area contributed by atoms with E-state index in [4.69, 9.17) is 11.9 Å². The van der Waals surface area contributed by atoms with Crippen LogP contribution in [0.4, 0.5) is 5.69 Å². The van der Waals surface area contributed by atoms with Crippen LogP contribution < -0.4 is 4.48 Å². The van der Waals surface area contributed by atoms with Gasteiger partial charge in [-0.3, -0.25) is 4.48 Å². The smallest absolute Gasteiger partial charge is 0.206 e. The molecule has 0 fully saturated rings. The molecule has 0 spiro atoms. The molecule has 1 aromatic rings. The molecule has 0 atom stereocenters. The van der Waals surface area contributed by atoms with Gasteiger partial charge in [-0.25, -0.2) is 4.29 Å². The van der Waals surface area contributed by atoms with Gasteiger partial charge in [0.1, 0.15) is 5.69 Å². The molecule has 66 valence electrons. The monoisotopic (exact) mass is 186 g/mol. The number of halogens is 1. The van der Waals surface area contributed by atoms with Crippen molar-refractivity contribution in [2.75, 3.05) is 20.8 Å². The first-order valence-electron chi connectivity index (χ1n) is 3.79. The number of benzene rings is 1. The van der Waals surface area contributed by atoms with E-state index in [9.17, 15) is 0 Å². The van der Waals surface area contributed by atoms with Crippen LogP contribution in [-0.4, -0.2) is 20.8 Å². The Balaban J connectivity index is 2.82. The lowest BCUT2D eigenvalue weighted by Crippen LogP contribution is -2.41. The number of hydrogen-bond acceptors (Lipinski definition) is 1. The van der Waals surface area contributed by atoms with Crippen molar-refractivity contribution >= 4 is 17.6 Å². The highest BCUT2D eigenvalue weighted by molar-refractivity contribution is 6.07. The van der Waals surface area contributed by atoms with E-state index in [1.807, 2.05) is 32.3 Å². The summed E-state index contributed by atoms with van der Waals surface area (Å²) < 4.78 is 5.23. The Kier molecular flexibility index (Phi) is 3.09. The summed E-state index contributed by atoms with van der Waals surface area (Å²) in [4.78, 5) is 0. The van der Waals surface area contributed by atoms with Crippen LogP contribution in [0.5, 0.6) is 0 Å². The van der Waals surface area contributed by atoms with Crippen LogP contribution in [0.3, 0.4) is 0 Å². The van der Waals surface area contributed by atoms with Crippen LogP contribution in [0.2, 0.25) is 0 Å². The van der Waals surface area contributed by atoms with Gasteiger partial charge in [0.25, 0.3) is 0 Å². The fourth-order valence-electron chi connectivity index (χ4n) is 1.03. The average molecular weight is 187 g/mol. The van der Waals surface area contributed by atoms with Crippen LogP contribution in [0.25, 0.3) is 0 Å². The summed E-state index contributed by atoms with van der Waals surface area (Å²) in [6.07, 6.45) is 0. The van der Waals surface area contributed by atoms with Gasteiger partial charge in [-0.1, -0.05) is 18.2 Å². The fraction of sp³-hybridized carbons (Fsp3) is 0.333. The molecule has 1 aromatic carbocycles. The molecule has 0 bridgehead atoms. The van der Waals surface area contributed by atoms with Gasteiger partial charge in [0.05, 0.1) is 26.0 Å². The summed E-state index contributed by atoms with van der Waals surface area (Å²) >= 11 is 5.22. The first kappa shape index (κ1) is 9.52. The molecular weight excluding hydrogens is 174 g/mol. The molecular formula is C9H13ClNO+. The van der Waals surface area contributed by atoms with Crippen LogP contribution in [-0.2, 0) is 4.29 Å². The van der Waals surface area contributed by atoms with Gasteiger partial charge < -0.3 is 0 Å². The van der Waals surface area contributed by atoms with Gasteiger partial charge in [0, 0.05) is 0 Å². The van der Waals surface area contributed by atoms with Crippen molar-refractivity contribution in [3.63, 3.8) is 0 Å². The Morgan fingerprint density at radius 3 is 2.33 bits per heavy atom. The lowest BCUT2D eigenvalue weighted by molar-refractivity contribution is 0.196. The molecule has 0 unspecified atom stereocenters. The highest BCUT2D eigenvalue weighted by Crippen LogP contribution is 2.17. The summed E-state index contributed by atoms with van der Waals surface area (Å²) in [5.74, 6) is 0. The second kappa shape index (κ2) is 3.90. The first-order chi connectivity index (χ1) is 5.67. The summed E-state index contributed by atoms with van der Waals surface area (Å²) in [5.41, 5.74) is 1.18. The molecule has 0 saturated carbocycles. The van der Waals surface area contributed by atoms with Crippen molar-refractivity contribution < 1.29 is 4.29 Å². The van der Waals surface area contributed by atoms with Crippen molar-refractivity contribution in [3.05, 3.63) is 30.3 Å². The van der Waals surface area contributed by atoms with E-state index in [1.165, 1.54) is 5.69 Å². The zero-order valence-corrected chi connectivity index (χ0v) is 8.08. The zero-order valence-electron chi connectivity index (χ0n) is 7.33. The molecule has 0 radical (unpaired) electrons. The maximum absolute atomic E-state index is 5.22. The van der Waals surface area contributed by atoms with Crippen LogP contribution in [0, 0.1) is 0 Å². The molecule has 12 heavy (non-hydrogen) atoms. The summed E-state index contributed by atoms with van der Waals surface area (Å²) in [6, 6.07) is 10.1. The van der Waals surface area contributed by atoms with E-state index < -0.39 is 0 Å². The second-order valence-electron chi connectivity index (χ2n) is 3.26. The van der Waals surface area contributed by atoms with Gasteiger partial charge >= 0.3 is 0 Å². The minimum atomic E-state index is 0.464. The van der Waals surface area contributed by atoms with Gasteiger partial charge in [0.15, 0.2) is 0 Å². The predicted octanol–water partition coefficient (Wildman–Crippen LogP) is 2.38. The van der Waals surface area contributed by atoms with Crippen molar-refractivity contribution in [3.8, 4) is 0 Å². The number of hydrogen-bond donors (Lipinski definition) is 0. The highest BCUT2D eigenvalue weighted by atomic mass is 35.5. The molecule has 0 aliphatic carbocycles. The summed E-state index contributed by atoms with van der Waals surface area (Å²) in [5, 5.41) is 0. The summed E-state index contributed by atoms with van der Waals surface area (Å²) in [7, 11) is 4.08. The third-order valence-corrected chi connectivity index (χ3v) is 1.92. The third-order valence-electron chi connectivity index (χ3n) is 1.83. The Bertz CT molecular complexity index is 236. The molecule has 3 heteroatoms. The Morgan fingerprint density at radius 1 is 1.25 bits per heavy atom. The van der Waals surface area contributed by atoms with E-state index >= 15 is 0 Å². The van der Waals surface area contributed by atoms with E-state index in [2.05, 4.69) is 16.4 Å². The second-order valence-corrected chi connectivity index (χ2v) is 3.48. The number of para-hydroxylation sites is 1. The Morgan fingerprint density at radius 2 is 1.83 bits per heavy atom. The van der Waals surface area contributed by atoms with E-state index in [0.717, 1.165) is 0 Å². The molecule has 0 aliphatic heterocycles. The fourth-order valence-corrected chi connectivity index (χ4v) is 1.27. The lowest BCUT2D eigenvalue weighted by atomic mass is 10.3. The van der Waals surface area contributed by atoms with Crippen molar-refractivity contribution in [2.45, 2.75) is 0 Å². The van der Waals surface area contributed by atoms with Gasteiger partial charge in [-0.15, -0.1) is 0 Å². The maximum Gasteiger partial charge on any atom is 0.206 e. The quantitative estimate of drug-likeness (QED) is 0.520. The summed E-state index contributed by atoms with van der Waals surface area (Å²) in [6.45, 7) is 0.464. The van der Waals surface area contributed by atoms with Crippen molar-refractivity contribution in [2.24, 2.45) is 0 Å². The topological polar surface area (TPSA) is 9.23 Å². The average Bonchev–Trinajstić information content (AvgIpc) is 2.06. The van der Waals surface area contributed by atoms with Gasteiger partial charge in [0.2, 0.25) is 6.73 Å². The molecule has 1 rings (SSSR count). The molecule has 0 amide bonds. The standard InChI is InChI=1S/C9H13ClNO/c1-11(2,8-12-10)9-6-4-3-5-7-9/h3-7H,8H2,1-2H3/q+1. The Hall–Kier alpha value is -0.570. The first-order valence-corrected chi connectivity index (χ1v) is 4.10. The minimum absolute atomic E-state index is 0.464. The van der Waals surface area contributed by atoms with Crippen molar-refractivity contribution in [1.82, 2.24) is 4.48 Å². The number of nitrogens with zero attached hydrogens (tertiary/aromatic N) is 1. The molecule has 0 saturated heterocycles. The number of quaternary nitrogens is 1. The molecule has 2 nitrogen and oxygen atoms in total. The normalized spacial score (nSPS) is 11.6. The highest BCUT2D eigenvalue weighted by Gasteiger charge is 2.17. The zero-order chi connectivity index (χ0) is 9.03. The lowest BCUT2D eigenvalue weighted by Gasteiger charge is -2.26. The van der Waals surface area contributed by atoms with Crippen molar-refractivity contribution in [1.29, 1.82) is 0 Å². The molecule has 0 N–H and O–H groups in total. The predicted molar refractivity (Wildman–Crippen MR) is 51.9 cm³/mol. The largest absolute Gasteiger partial charge is 0.272 e. The van der Waals surface area contributed by atoms with E-state index in [1.54, 1.807) is 0 Å². The number of rotatable bonds is 3. The van der Waals surface area contributed by atoms with Gasteiger partial charge in [-0.2, -0.15) is 0 Å². The van der Waals surface area contributed by atoms with Crippen LogP contribution >= 0.6 is 11.9 Å². The molecule has 0 aromatic heterocycles. The SMILES string of the molecule is C[N+](C)(COCl)c1ccccc1. The molecule has 0 heterocycles. The molecule has 0 aliphatic rings. The Labute approximate surface area is 78.1 Å². The maximum atomic E-state index is 5.22.